The average molecular weight is 2060 g/mol. The number of rotatable bonds is 32. The number of hydrogen-bond donors (Lipinski definition) is 10. The van der Waals surface area contributed by atoms with Crippen LogP contribution >= 0.6 is 23.2 Å². The standard InChI is InChI=1S/C27H35N7O6S.C25H25ClN6O4S.C21H23ClN6O3S.C20H22N6O5S/c1-3-4-14-29-27(36)40-18-19-9-8-15-33(17-19)41(37,38)23-13-12-21(39-2)16-22(23)30-31-24-25(28)32-34(26(24)35)20-10-6-5-7-11-20;1-3-31(16-17-9-11-18(26)12-10-17)37(34,35)22-14-13-20(36-2)15-21(22)28-29-23-24(27)30-32(25(23)33)19-7-5-4-6-8-19;22-17-12-11-16(32(30,31)27-14-7-3-1-4-8-14)13-18(17)24-25-19-20(23)26-28(21(19)29)15-9-5-2-6-10-15;1-30-15-7-8-17(32(28,29)25-9-11-31-12-10-25)16(13-15)22-23-18-19(21)24-26(20(18)27)14-5-3-2-4-6-14/h5-7,10-13,16,19,32H,3-4,8-9,14-15,17-18,28H2,1-2H3,(H,29,36);4-15,30H,3,16,27H2,1-2H3;2,5-6,9-14,26-27H,1,3-4,7-8,23H2;2-8,13,24H,9-12,21H2,1H3. The highest BCUT2D eigenvalue weighted by Crippen LogP contribution is 2.40. The number of aromatic amines is 4. The van der Waals surface area contributed by atoms with E-state index in [1.54, 1.807) is 128 Å². The van der Waals surface area contributed by atoms with Crippen LogP contribution in [0.5, 0.6) is 17.2 Å². The fraction of sp³-hybridized carbons (Fsp3) is 0.280. The highest BCUT2D eigenvalue weighted by molar-refractivity contribution is 7.90. The monoisotopic (exact) mass is 2060 g/mol. The van der Waals surface area contributed by atoms with E-state index >= 15 is 0 Å². The third kappa shape index (κ3) is 25.8. The van der Waals surface area contributed by atoms with Crippen molar-refractivity contribution < 1.29 is 62.2 Å². The summed E-state index contributed by atoms with van der Waals surface area (Å²) in [7, 11) is -11.3. The number of benzene rings is 9. The normalized spacial score (nSPS) is 14.7. The van der Waals surface area contributed by atoms with Gasteiger partial charge in [0, 0.05) is 81.0 Å². The Bertz CT molecular complexity index is 7460. The molecule has 1 amide bonds. The smallest absolute Gasteiger partial charge is 0.407 e. The molecule has 1 aliphatic carbocycles. The number of alkyl carbamates (subject to hydrolysis) is 1. The lowest BCUT2D eigenvalue weighted by Crippen LogP contribution is -2.41. The number of ether oxygens (including phenoxy) is 5. The number of amides is 1. The van der Waals surface area contributed by atoms with Crippen LogP contribution in [-0.2, 0) is 56.1 Å². The van der Waals surface area contributed by atoms with Crippen molar-refractivity contribution >= 4 is 138 Å². The van der Waals surface area contributed by atoms with Gasteiger partial charge in [0.1, 0.15) is 78.0 Å². The van der Waals surface area contributed by atoms with Gasteiger partial charge in [-0.2, -0.15) is 12.9 Å². The largest absolute Gasteiger partial charge is 0.497 e. The fourth-order valence-corrected chi connectivity index (χ4v) is 21.3. The molecule has 1 atom stereocenters. The van der Waals surface area contributed by atoms with Crippen LogP contribution in [0.1, 0.15) is 77.2 Å². The first kappa shape index (κ1) is 105. The number of hydrogen-bond acceptors (Lipinski definition) is 30. The maximum absolute atomic E-state index is 13.8. The van der Waals surface area contributed by atoms with Gasteiger partial charge in [0.2, 0.25) is 40.1 Å². The van der Waals surface area contributed by atoms with Crippen molar-refractivity contribution in [2.24, 2.45) is 46.8 Å². The number of sulfonamides is 4. The average Bonchev–Trinajstić information content (AvgIpc) is 1.09. The number of nitrogens with one attached hydrogen (secondary N) is 6. The van der Waals surface area contributed by atoms with E-state index < -0.39 is 68.4 Å². The van der Waals surface area contributed by atoms with Gasteiger partial charge in [0.15, 0.2) is 22.7 Å². The molecule has 748 valence electrons. The second kappa shape index (κ2) is 48.1. The van der Waals surface area contributed by atoms with Gasteiger partial charge in [-0.3, -0.25) is 39.6 Å². The van der Waals surface area contributed by atoms with Crippen molar-refractivity contribution in [3.05, 3.63) is 275 Å². The molecule has 3 fully saturated rings. The van der Waals surface area contributed by atoms with Crippen LogP contribution in [0.25, 0.3) is 22.7 Å². The number of anilines is 4. The molecule has 142 heavy (non-hydrogen) atoms. The van der Waals surface area contributed by atoms with E-state index in [0.717, 1.165) is 56.9 Å². The predicted molar refractivity (Wildman–Crippen MR) is 538 cm³/mol. The lowest BCUT2D eigenvalue weighted by atomic mass is 9.96. The topological polar surface area (TPSA) is 588 Å². The highest BCUT2D eigenvalue weighted by atomic mass is 35.5. The summed E-state index contributed by atoms with van der Waals surface area (Å²) in [5.41, 5.74) is 24.4. The second-order valence-corrected chi connectivity index (χ2v) is 40.4. The maximum atomic E-state index is 13.8. The molecule has 0 spiro atoms. The van der Waals surface area contributed by atoms with Gasteiger partial charge in [0.25, 0.3) is 0 Å². The van der Waals surface area contributed by atoms with Crippen LogP contribution in [0.15, 0.2) is 298 Å². The molecule has 3 aliphatic rings. The molecule has 6 heterocycles. The zero-order chi connectivity index (χ0) is 101. The number of nitrogens with two attached hydrogens (primary N) is 4. The van der Waals surface area contributed by atoms with E-state index in [0.29, 0.717) is 77.7 Å². The number of carbonyl (C=O) groups excluding carboxylic acids is 1. The molecular formula is C93H105Cl2N25O18S4. The van der Waals surface area contributed by atoms with E-state index in [1.807, 2.05) is 31.2 Å². The number of piperidine rings is 1. The van der Waals surface area contributed by atoms with Crippen molar-refractivity contribution in [2.45, 2.75) is 104 Å². The molecule has 13 aromatic rings. The number of morpholine rings is 1. The third-order valence-corrected chi connectivity index (χ3v) is 30.4. The van der Waals surface area contributed by atoms with Gasteiger partial charge in [-0.1, -0.05) is 148 Å². The first-order valence-corrected chi connectivity index (χ1v) is 51.2. The van der Waals surface area contributed by atoms with Crippen molar-refractivity contribution in [2.75, 3.05) is 103 Å². The number of methoxy groups -OCH3 is 3. The summed E-state index contributed by atoms with van der Waals surface area (Å²) in [6.45, 7) is 6.32. The summed E-state index contributed by atoms with van der Waals surface area (Å²) in [6.07, 6.45) is 7.40. The van der Waals surface area contributed by atoms with Crippen molar-refractivity contribution in [3.63, 3.8) is 0 Å². The lowest BCUT2D eigenvalue weighted by Gasteiger charge is -2.31. The number of nitrogen functional groups attached to an aromatic ring is 4. The van der Waals surface area contributed by atoms with Gasteiger partial charge in [-0.25, -0.2) is 61.9 Å². The molecule has 14 N–H and O–H groups in total. The van der Waals surface area contributed by atoms with Crippen LogP contribution in [0, 0.1) is 5.92 Å². The maximum Gasteiger partial charge on any atom is 0.407 e. The van der Waals surface area contributed by atoms with Crippen LogP contribution in [-0.4, -0.2) is 178 Å². The summed E-state index contributed by atoms with van der Waals surface area (Å²) in [5, 5.41) is 46.8. The fourth-order valence-electron chi connectivity index (χ4n) is 15.0. The van der Waals surface area contributed by atoms with Gasteiger partial charge >= 0.3 is 28.3 Å². The van der Waals surface area contributed by atoms with Gasteiger partial charge in [-0.15, -0.1) is 40.9 Å². The summed E-state index contributed by atoms with van der Waals surface area (Å²) in [4.78, 5) is 63.2. The molecular weight excluding hydrogens is 1950 g/mol. The van der Waals surface area contributed by atoms with Crippen molar-refractivity contribution in [1.29, 1.82) is 0 Å². The van der Waals surface area contributed by atoms with Crippen LogP contribution in [0.3, 0.4) is 0 Å². The Morgan fingerprint density at radius 1 is 0.465 bits per heavy atom. The molecule has 4 aromatic heterocycles. The number of azo groups is 4. The minimum atomic E-state index is -4.02. The molecule has 0 bridgehead atoms. The van der Waals surface area contributed by atoms with E-state index in [2.05, 4.69) is 71.3 Å². The number of unbranched alkanes of at least 4 members (excludes halogenated alkanes) is 1. The van der Waals surface area contributed by atoms with E-state index in [-0.39, 0.29) is 145 Å². The van der Waals surface area contributed by atoms with Crippen molar-refractivity contribution in [3.8, 4) is 40.0 Å². The van der Waals surface area contributed by atoms with Gasteiger partial charge in [-0.05, 0) is 153 Å². The Balaban J connectivity index is 0.000000160. The van der Waals surface area contributed by atoms with E-state index in [9.17, 15) is 57.6 Å². The van der Waals surface area contributed by atoms with E-state index in [1.165, 1.54) is 126 Å². The van der Waals surface area contributed by atoms with E-state index in [4.69, 9.17) is 69.8 Å². The molecule has 2 aliphatic heterocycles. The molecule has 1 saturated carbocycles. The number of para-hydroxylation sites is 4. The highest BCUT2D eigenvalue weighted by Gasteiger charge is 2.36. The Hall–Kier alpha value is -14.5. The molecule has 9 aromatic carbocycles. The number of carbonyl (C=O) groups is 1. The number of aromatic nitrogens is 8. The third-order valence-electron chi connectivity index (χ3n) is 22.5. The molecule has 43 nitrogen and oxygen atoms in total. The summed E-state index contributed by atoms with van der Waals surface area (Å²) < 4.78 is 145. The zero-order valence-electron chi connectivity index (χ0n) is 77.6. The first-order chi connectivity index (χ1) is 68.2. The Morgan fingerprint density at radius 2 is 0.866 bits per heavy atom. The number of nitrogens with zero attached hydrogens (tertiary/aromatic N) is 15. The van der Waals surface area contributed by atoms with Crippen molar-refractivity contribution in [1.82, 2.24) is 62.1 Å². The predicted octanol–water partition coefficient (Wildman–Crippen LogP) is 15.8. The van der Waals surface area contributed by atoms with Crippen LogP contribution < -0.4 is 69.4 Å². The minimum absolute atomic E-state index is 0.000155. The molecule has 0 radical (unpaired) electrons. The summed E-state index contributed by atoms with van der Waals surface area (Å²) in [6, 6.07) is 59.4. The lowest BCUT2D eigenvalue weighted by molar-refractivity contribution is 0.0730. The molecule has 2 saturated heterocycles. The second-order valence-electron chi connectivity index (χ2n) is 32.1. The summed E-state index contributed by atoms with van der Waals surface area (Å²) in [5.74, 6) is 0.969. The van der Waals surface area contributed by atoms with Gasteiger partial charge < -0.3 is 51.9 Å². The van der Waals surface area contributed by atoms with Gasteiger partial charge in [0.05, 0.1) is 73.8 Å². The first-order valence-electron chi connectivity index (χ1n) is 44.6. The Kier molecular flexibility index (Phi) is 35.5. The quantitative estimate of drug-likeness (QED) is 0.0138. The van der Waals surface area contributed by atoms with Crippen LogP contribution in [0.2, 0.25) is 10.0 Å². The Morgan fingerprint density at radius 3 is 1.27 bits per heavy atom. The molecule has 16 rings (SSSR count). The minimum Gasteiger partial charge on any atom is -0.497 e. The van der Waals surface area contributed by atoms with Crippen LogP contribution in [0.4, 0.5) is 73.6 Å². The number of H-pyrrole nitrogens is 4. The summed E-state index contributed by atoms with van der Waals surface area (Å²) >= 11 is 12.2. The molecule has 49 heteroatoms. The SMILES string of the molecule is CCCCNC(=O)OCC1CCCN(S(=O)(=O)c2ccc(OC)cc2N=Nc2c(N)[nH]n(-c3ccccc3)c2=O)C1.CCN(Cc1ccc(Cl)cc1)S(=O)(=O)c1ccc(OC)cc1N=Nc1c(N)[nH]n(-c2ccccc2)c1=O.COc1ccc(S(=O)(=O)N2CCOCC2)c(N=Nc2c(N)[nH]n(-c3ccccc3)c2=O)c1.Nc1[nH]n(-c2ccccc2)c(=O)c1N=Nc1cc(S(=O)(=O)NC2CCCCC2)ccc1Cl. The number of halogens is 2. The zero-order valence-corrected chi connectivity index (χ0v) is 82.4. The Labute approximate surface area is 826 Å². The molecule has 1 unspecified atom stereocenters.